The molecule has 4 aromatic carbocycles. The Morgan fingerprint density at radius 2 is 1.47 bits per heavy atom. The fourth-order valence-electron chi connectivity index (χ4n) is 6.75. The second kappa shape index (κ2) is 15.0. The molecule has 1 aliphatic rings. The zero-order valence-corrected chi connectivity index (χ0v) is 29.0. The highest BCUT2D eigenvalue weighted by Gasteiger charge is 2.63. The van der Waals surface area contributed by atoms with Gasteiger partial charge in [0.15, 0.2) is 5.72 Å². The largest absolute Gasteiger partial charge is 0.346 e. The monoisotopic (exact) mass is 728 g/mol. The first-order valence-corrected chi connectivity index (χ1v) is 17.9. The van der Waals surface area contributed by atoms with E-state index in [0.29, 0.717) is 0 Å². The minimum absolute atomic E-state index is 0.0929. The zero-order valence-electron chi connectivity index (χ0n) is 27.4. The van der Waals surface area contributed by atoms with Crippen molar-refractivity contribution in [1.29, 1.82) is 0 Å². The average Bonchev–Trinajstić information content (AvgIpc) is 3.51. The van der Waals surface area contributed by atoms with Crippen LogP contribution in [0.2, 0.25) is 0 Å². The lowest BCUT2D eigenvalue weighted by molar-refractivity contribution is -0.396. The second-order valence-corrected chi connectivity index (χ2v) is 14.3. The van der Waals surface area contributed by atoms with Crippen LogP contribution < -0.4 is 11.2 Å². The molecule has 2 heterocycles. The van der Waals surface area contributed by atoms with E-state index in [0.717, 1.165) is 33.6 Å². The van der Waals surface area contributed by atoms with Gasteiger partial charge in [0, 0.05) is 29.5 Å². The highest BCUT2D eigenvalue weighted by molar-refractivity contribution is 8.77. The summed E-state index contributed by atoms with van der Waals surface area (Å²) in [5.41, 5.74) is -2.30. The standard InChI is InChI=1S/C36H32N4O9S2/c1-24-22-38(34(42)37-33(24)41)35(36(25-12-6-3-7-13-25,26-14-8-4-9-15-26)27-16-10-5-11-17-27)21-32(30(49-35)23-48-47-2)51-50-31-19-18-28(39(43)44)20-29(31)40(45)46/h3-20,22,30,32H,21,23H2,1-2H3,(H,37,41,42)/t30-,32+,35+/m1/s1. The number of H-pyrrole nitrogens is 1. The van der Waals surface area contributed by atoms with Crippen LogP contribution in [0.25, 0.3) is 0 Å². The average molecular weight is 729 g/mol. The number of aryl methyl sites for hydroxylation is 1. The van der Waals surface area contributed by atoms with Crippen molar-refractivity contribution in [2.24, 2.45) is 0 Å². The van der Waals surface area contributed by atoms with Crippen LogP contribution in [0.4, 0.5) is 11.4 Å². The number of aromatic amines is 1. The molecule has 0 aliphatic carbocycles. The molecule has 0 amide bonds. The molecule has 1 saturated heterocycles. The lowest BCUT2D eigenvalue weighted by Gasteiger charge is -2.50. The van der Waals surface area contributed by atoms with Crippen LogP contribution in [0.3, 0.4) is 0 Å². The highest BCUT2D eigenvalue weighted by atomic mass is 33.1. The van der Waals surface area contributed by atoms with Gasteiger partial charge in [0.05, 0.1) is 39.4 Å². The van der Waals surface area contributed by atoms with Gasteiger partial charge in [-0.3, -0.25) is 34.6 Å². The summed E-state index contributed by atoms with van der Waals surface area (Å²) in [7, 11) is 3.67. The maximum atomic E-state index is 14.2. The predicted octanol–water partition coefficient (Wildman–Crippen LogP) is 6.52. The number of ether oxygens (including phenoxy) is 1. The van der Waals surface area contributed by atoms with Crippen molar-refractivity contribution < 1.29 is 24.4 Å². The summed E-state index contributed by atoms with van der Waals surface area (Å²) in [6, 6.07) is 32.4. The number of nitrogens with one attached hydrogen (secondary N) is 1. The summed E-state index contributed by atoms with van der Waals surface area (Å²) in [6.07, 6.45) is 0.835. The third-order valence-electron chi connectivity index (χ3n) is 8.92. The molecule has 13 nitrogen and oxygen atoms in total. The Hall–Kier alpha value is -5.06. The second-order valence-electron chi connectivity index (χ2n) is 11.8. The van der Waals surface area contributed by atoms with Gasteiger partial charge in [-0.1, -0.05) is 113 Å². The van der Waals surface area contributed by atoms with Crippen LogP contribution in [0.5, 0.6) is 0 Å². The topological polar surface area (TPSA) is 169 Å². The number of hydrogen-bond donors (Lipinski definition) is 1. The van der Waals surface area contributed by atoms with E-state index in [9.17, 15) is 29.8 Å². The number of nitro benzene ring substituents is 2. The number of nitro groups is 2. The summed E-state index contributed by atoms with van der Waals surface area (Å²) in [5, 5.41) is 22.9. The van der Waals surface area contributed by atoms with Gasteiger partial charge in [-0.25, -0.2) is 14.6 Å². The molecule has 0 radical (unpaired) electrons. The van der Waals surface area contributed by atoms with E-state index in [1.54, 1.807) is 6.92 Å². The summed E-state index contributed by atoms with van der Waals surface area (Å²) >= 11 is 0. The Labute approximate surface area is 299 Å². The smallest absolute Gasteiger partial charge is 0.330 e. The Kier molecular flexibility index (Phi) is 10.5. The zero-order chi connectivity index (χ0) is 36.2. The first-order chi connectivity index (χ1) is 24.6. The van der Waals surface area contributed by atoms with Crippen molar-refractivity contribution in [3.63, 3.8) is 0 Å². The van der Waals surface area contributed by atoms with Gasteiger partial charge in [0.2, 0.25) is 0 Å². The van der Waals surface area contributed by atoms with Gasteiger partial charge in [0.1, 0.15) is 6.61 Å². The lowest BCUT2D eigenvalue weighted by Crippen LogP contribution is -2.59. The van der Waals surface area contributed by atoms with E-state index in [4.69, 9.17) is 14.5 Å². The molecule has 1 aromatic heterocycles. The summed E-state index contributed by atoms with van der Waals surface area (Å²) in [6.45, 7) is 1.51. The molecule has 51 heavy (non-hydrogen) atoms. The Morgan fingerprint density at radius 3 is 1.98 bits per heavy atom. The van der Waals surface area contributed by atoms with Crippen LogP contribution in [-0.4, -0.2) is 44.5 Å². The molecule has 1 fully saturated rings. The maximum Gasteiger partial charge on any atom is 0.330 e. The van der Waals surface area contributed by atoms with Crippen molar-refractivity contribution in [2.45, 2.75) is 40.7 Å². The molecule has 1 aliphatic heterocycles. The number of non-ortho nitro benzene ring substituents is 1. The normalized spacial score (nSPS) is 18.8. The van der Waals surface area contributed by atoms with Crippen LogP contribution in [0.15, 0.2) is 130 Å². The van der Waals surface area contributed by atoms with Gasteiger partial charge < -0.3 is 4.74 Å². The van der Waals surface area contributed by atoms with Crippen molar-refractivity contribution in [1.82, 2.24) is 9.55 Å². The molecular formula is C36H32N4O9S2. The van der Waals surface area contributed by atoms with E-state index in [-0.39, 0.29) is 23.5 Å². The Morgan fingerprint density at radius 1 is 0.902 bits per heavy atom. The fraction of sp³-hybridized carbons (Fsp3) is 0.222. The molecule has 0 unspecified atom stereocenters. The molecule has 15 heteroatoms. The summed E-state index contributed by atoms with van der Waals surface area (Å²) in [4.78, 5) is 62.2. The molecule has 0 saturated carbocycles. The van der Waals surface area contributed by atoms with E-state index < -0.39 is 55.0 Å². The van der Waals surface area contributed by atoms with E-state index in [2.05, 4.69) is 4.98 Å². The minimum atomic E-state index is -1.61. The van der Waals surface area contributed by atoms with Crippen LogP contribution in [0.1, 0.15) is 28.7 Å². The quantitative estimate of drug-likeness (QED) is 0.0460. The van der Waals surface area contributed by atoms with Gasteiger partial charge in [-0.15, -0.1) is 0 Å². The first kappa shape index (κ1) is 35.8. The lowest BCUT2D eigenvalue weighted by atomic mass is 9.61. The molecule has 3 atom stereocenters. The molecular weight excluding hydrogens is 697 g/mol. The van der Waals surface area contributed by atoms with Crippen molar-refractivity contribution in [3.8, 4) is 0 Å². The van der Waals surface area contributed by atoms with Gasteiger partial charge in [0.25, 0.3) is 16.9 Å². The van der Waals surface area contributed by atoms with Crippen LogP contribution >= 0.6 is 21.6 Å². The molecule has 0 spiro atoms. The van der Waals surface area contributed by atoms with Crippen molar-refractivity contribution >= 4 is 33.0 Å². The van der Waals surface area contributed by atoms with Gasteiger partial charge in [-0.05, 0) is 29.7 Å². The van der Waals surface area contributed by atoms with E-state index in [1.807, 2.05) is 91.0 Å². The molecule has 1 N–H and O–H groups in total. The third-order valence-corrected chi connectivity index (χ3v) is 11.8. The Bertz CT molecular complexity index is 2050. The number of nitrogens with zero attached hydrogens (tertiary/aromatic N) is 3. The third kappa shape index (κ3) is 6.61. The maximum absolute atomic E-state index is 14.2. The predicted molar refractivity (Wildman–Crippen MR) is 193 cm³/mol. The molecule has 5 aromatic rings. The van der Waals surface area contributed by atoms with Gasteiger partial charge >= 0.3 is 5.69 Å². The number of benzene rings is 4. The van der Waals surface area contributed by atoms with E-state index >= 15 is 0 Å². The first-order valence-electron chi connectivity index (χ1n) is 15.7. The SMILES string of the molecule is COOC[C@H]1O[C@](n2cc(C)c(=O)[nH]c2=O)(C(c2ccccc2)(c2ccccc2)c2ccccc2)C[C@@H]1SSc1ccc([N+](=O)[O-])cc1[N+](=O)[O-]. The van der Waals surface area contributed by atoms with E-state index in [1.165, 1.54) is 40.8 Å². The number of rotatable bonds is 13. The van der Waals surface area contributed by atoms with Crippen molar-refractivity contribution in [3.05, 3.63) is 179 Å². The fourth-order valence-corrected chi connectivity index (χ4v) is 9.55. The molecule has 0 bridgehead atoms. The number of hydrogen-bond acceptors (Lipinski definition) is 11. The summed E-state index contributed by atoms with van der Waals surface area (Å²) < 4.78 is 8.69. The summed E-state index contributed by atoms with van der Waals surface area (Å²) in [5.74, 6) is 0. The van der Waals surface area contributed by atoms with Crippen molar-refractivity contribution in [2.75, 3.05) is 13.7 Å². The van der Waals surface area contributed by atoms with Crippen LogP contribution in [-0.2, 0) is 25.7 Å². The Balaban J connectivity index is 1.63. The van der Waals surface area contributed by atoms with Gasteiger partial charge in [-0.2, -0.15) is 0 Å². The number of aromatic nitrogens is 2. The highest BCUT2D eigenvalue weighted by Crippen LogP contribution is 2.59. The minimum Gasteiger partial charge on any atom is -0.346 e. The molecule has 6 rings (SSSR count). The molecule has 262 valence electrons. The van der Waals surface area contributed by atoms with Crippen LogP contribution in [0, 0.1) is 27.2 Å².